The van der Waals surface area contributed by atoms with E-state index in [-0.39, 0.29) is 0 Å². The molecule has 4 rings (SSSR count). The van der Waals surface area contributed by atoms with Gasteiger partial charge in [-0.25, -0.2) is 4.98 Å². The lowest BCUT2D eigenvalue weighted by molar-refractivity contribution is 0.249. The summed E-state index contributed by atoms with van der Waals surface area (Å²) in [6.45, 7) is 11.5. The van der Waals surface area contributed by atoms with E-state index in [9.17, 15) is 0 Å². The smallest absolute Gasteiger partial charge is 0.160 e. The Labute approximate surface area is 146 Å². The molecule has 0 unspecified atom stereocenters. The van der Waals surface area contributed by atoms with Crippen LogP contribution < -0.4 is 4.90 Å². The third-order valence-electron chi connectivity index (χ3n) is 4.85. The van der Waals surface area contributed by atoms with Crippen molar-refractivity contribution in [1.82, 2.24) is 19.5 Å². The van der Waals surface area contributed by atoms with E-state index in [1.54, 1.807) is 11.3 Å². The Morgan fingerprint density at radius 3 is 2.62 bits per heavy atom. The predicted molar refractivity (Wildman–Crippen MR) is 99.0 cm³/mol. The predicted octanol–water partition coefficient (Wildman–Crippen LogP) is 3.04. The summed E-state index contributed by atoms with van der Waals surface area (Å²) in [5.74, 6) is 1.17. The number of aromatic nitrogens is 3. The summed E-state index contributed by atoms with van der Waals surface area (Å²) in [6, 6.07) is 4.38. The second-order valence-corrected chi connectivity index (χ2v) is 7.38. The average molecular weight is 341 g/mol. The van der Waals surface area contributed by atoms with Gasteiger partial charge in [0.2, 0.25) is 0 Å². The first-order chi connectivity index (χ1) is 11.6. The molecule has 0 aromatic carbocycles. The Hall–Kier alpha value is -1.92. The lowest BCUT2D eigenvalue weighted by Gasteiger charge is -2.36. The van der Waals surface area contributed by atoms with E-state index in [4.69, 9.17) is 5.10 Å². The lowest BCUT2D eigenvalue weighted by atomic mass is 10.2. The van der Waals surface area contributed by atoms with Gasteiger partial charge < -0.3 is 4.90 Å². The normalized spacial score (nSPS) is 16.2. The van der Waals surface area contributed by atoms with Gasteiger partial charge in [0.05, 0.1) is 5.69 Å². The highest BCUT2D eigenvalue weighted by molar-refractivity contribution is 7.07. The van der Waals surface area contributed by atoms with Gasteiger partial charge in [-0.2, -0.15) is 21.0 Å². The van der Waals surface area contributed by atoms with Crippen LogP contribution in [0, 0.1) is 20.8 Å². The van der Waals surface area contributed by atoms with E-state index in [2.05, 4.69) is 58.4 Å². The fraction of sp³-hybridized carbons (Fsp3) is 0.444. The van der Waals surface area contributed by atoms with Crippen LogP contribution in [0.25, 0.3) is 5.65 Å². The van der Waals surface area contributed by atoms with Gasteiger partial charge in [0.1, 0.15) is 5.82 Å². The van der Waals surface area contributed by atoms with E-state index < -0.39 is 0 Å². The first-order valence-corrected chi connectivity index (χ1v) is 9.38. The molecule has 0 spiro atoms. The first kappa shape index (κ1) is 15.6. The summed E-state index contributed by atoms with van der Waals surface area (Å²) in [4.78, 5) is 9.65. The summed E-state index contributed by atoms with van der Waals surface area (Å²) >= 11 is 1.78. The minimum absolute atomic E-state index is 0.989. The number of aryl methyl sites for hydroxylation is 3. The van der Waals surface area contributed by atoms with Crippen LogP contribution in [0.15, 0.2) is 22.9 Å². The molecule has 6 heteroatoms. The third-order valence-corrected chi connectivity index (χ3v) is 5.58. The molecule has 0 amide bonds. The molecule has 0 N–H and O–H groups in total. The van der Waals surface area contributed by atoms with Crippen LogP contribution in [-0.2, 0) is 6.54 Å². The van der Waals surface area contributed by atoms with E-state index in [1.165, 1.54) is 16.9 Å². The van der Waals surface area contributed by atoms with Gasteiger partial charge in [-0.15, -0.1) is 0 Å². The molecule has 1 aliphatic heterocycles. The van der Waals surface area contributed by atoms with Gasteiger partial charge in [-0.05, 0) is 43.2 Å². The van der Waals surface area contributed by atoms with Crippen LogP contribution >= 0.6 is 11.3 Å². The number of anilines is 1. The van der Waals surface area contributed by atoms with Gasteiger partial charge >= 0.3 is 0 Å². The summed E-state index contributed by atoms with van der Waals surface area (Å²) < 4.78 is 2.02. The molecule has 5 nitrogen and oxygen atoms in total. The van der Waals surface area contributed by atoms with Crippen molar-refractivity contribution in [3.05, 3.63) is 45.4 Å². The first-order valence-electron chi connectivity index (χ1n) is 8.44. The number of thiophene rings is 1. The number of hydrogen-bond donors (Lipinski definition) is 0. The Bertz CT molecular complexity index is 844. The molecule has 0 atom stereocenters. The molecule has 0 aliphatic carbocycles. The highest BCUT2D eigenvalue weighted by Gasteiger charge is 2.21. The van der Waals surface area contributed by atoms with Crippen molar-refractivity contribution >= 4 is 22.8 Å². The van der Waals surface area contributed by atoms with Gasteiger partial charge in [0.15, 0.2) is 5.65 Å². The zero-order chi connectivity index (χ0) is 16.7. The van der Waals surface area contributed by atoms with Gasteiger partial charge in [0.25, 0.3) is 0 Å². The van der Waals surface area contributed by atoms with Crippen molar-refractivity contribution in [3.63, 3.8) is 0 Å². The molecule has 24 heavy (non-hydrogen) atoms. The summed E-state index contributed by atoms with van der Waals surface area (Å²) in [6.07, 6.45) is 0. The second-order valence-electron chi connectivity index (χ2n) is 6.60. The summed E-state index contributed by atoms with van der Waals surface area (Å²) in [7, 11) is 0. The van der Waals surface area contributed by atoms with E-state index in [1.807, 2.05) is 4.52 Å². The standard InChI is InChI=1S/C18H23N5S/c1-13-10-17(23-18(19-13)14(2)15(3)20-23)22-7-5-21(6-8-22)11-16-4-9-24-12-16/h4,9-10,12H,5-8,11H2,1-3H3. The minimum atomic E-state index is 0.989. The van der Waals surface area contributed by atoms with Crippen molar-refractivity contribution in [1.29, 1.82) is 0 Å². The average Bonchev–Trinajstić information content (AvgIpc) is 3.18. The van der Waals surface area contributed by atoms with Crippen molar-refractivity contribution < 1.29 is 0 Å². The molecule has 0 radical (unpaired) electrons. The van der Waals surface area contributed by atoms with Crippen molar-refractivity contribution in [3.8, 4) is 0 Å². The Morgan fingerprint density at radius 2 is 1.92 bits per heavy atom. The van der Waals surface area contributed by atoms with Crippen LogP contribution in [0.1, 0.15) is 22.5 Å². The molecule has 3 aromatic rings. The quantitative estimate of drug-likeness (QED) is 0.734. The van der Waals surface area contributed by atoms with Crippen LogP contribution in [0.2, 0.25) is 0 Å². The van der Waals surface area contributed by atoms with Crippen molar-refractivity contribution in [2.45, 2.75) is 27.3 Å². The summed E-state index contributed by atoms with van der Waals surface area (Å²) in [5, 5.41) is 9.11. The molecule has 4 heterocycles. The highest BCUT2D eigenvalue weighted by atomic mass is 32.1. The molecule has 126 valence electrons. The number of nitrogens with zero attached hydrogens (tertiary/aromatic N) is 5. The topological polar surface area (TPSA) is 36.7 Å². The Morgan fingerprint density at radius 1 is 1.12 bits per heavy atom. The van der Waals surface area contributed by atoms with Crippen LogP contribution in [-0.4, -0.2) is 45.7 Å². The number of hydrogen-bond acceptors (Lipinski definition) is 5. The fourth-order valence-corrected chi connectivity index (χ4v) is 3.99. The van der Waals surface area contributed by atoms with Gasteiger partial charge in [-0.3, -0.25) is 4.90 Å². The monoisotopic (exact) mass is 341 g/mol. The molecule has 0 saturated carbocycles. The molecular weight excluding hydrogens is 318 g/mol. The Kier molecular flexibility index (Phi) is 4.02. The van der Waals surface area contributed by atoms with Crippen molar-refractivity contribution in [2.75, 3.05) is 31.1 Å². The van der Waals surface area contributed by atoms with E-state index in [0.29, 0.717) is 0 Å². The number of rotatable bonds is 3. The van der Waals surface area contributed by atoms with Gasteiger partial charge in [0, 0.05) is 50.0 Å². The largest absolute Gasteiger partial charge is 0.354 e. The SMILES string of the molecule is Cc1cc(N2CCN(Cc3ccsc3)CC2)n2nc(C)c(C)c2n1. The minimum Gasteiger partial charge on any atom is -0.354 e. The zero-order valence-corrected chi connectivity index (χ0v) is 15.3. The molecule has 1 fully saturated rings. The molecule has 0 bridgehead atoms. The van der Waals surface area contributed by atoms with Crippen LogP contribution in [0.5, 0.6) is 0 Å². The summed E-state index contributed by atoms with van der Waals surface area (Å²) in [5.41, 5.74) is 5.71. The maximum Gasteiger partial charge on any atom is 0.160 e. The van der Waals surface area contributed by atoms with E-state index >= 15 is 0 Å². The number of piperazine rings is 1. The maximum absolute atomic E-state index is 4.71. The molecule has 1 saturated heterocycles. The molecule has 1 aliphatic rings. The van der Waals surface area contributed by atoms with Crippen LogP contribution in [0.4, 0.5) is 5.82 Å². The second kappa shape index (κ2) is 6.18. The van der Waals surface area contributed by atoms with Crippen molar-refractivity contribution in [2.24, 2.45) is 0 Å². The maximum atomic E-state index is 4.71. The fourth-order valence-electron chi connectivity index (χ4n) is 3.33. The Balaban J connectivity index is 1.55. The van der Waals surface area contributed by atoms with Gasteiger partial charge in [-0.1, -0.05) is 0 Å². The van der Waals surface area contributed by atoms with E-state index in [0.717, 1.165) is 49.8 Å². The molecular formula is C18H23N5S. The number of fused-ring (bicyclic) bond motifs is 1. The lowest BCUT2D eigenvalue weighted by Crippen LogP contribution is -2.46. The third kappa shape index (κ3) is 2.80. The van der Waals surface area contributed by atoms with Crippen LogP contribution in [0.3, 0.4) is 0 Å². The highest BCUT2D eigenvalue weighted by Crippen LogP contribution is 2.23. The molecule has 3 aromatic heterocycles. The zero-order valence-electron chi connectivity index (χ0n) is 14.5.